The lowest BCUT2D eigenvalue weighted by Crippen LogP contribution is -1.88. The summed E-state index contributed by atoms with van der Waals surface area (Å²) in [7, 11) is 0. The standard InChI is InChI=1S/C6H6BrNOS/c1-3-4(2-9)5(8)6(7)10-3/h2H,8H2,1H3. The first-order chi connectivity index (χ1) is 4.66. The first-order valence-electron chi connectivity index (χ1n) is 2.66. The zero-order chi connectivity index (χ0) is 7.72. The van der Waals surface area contributed by atoms with Crippen LogP contribution >= 0.6 is 27.3 Å². The molecule has 0 spiro atoms. The Balaban J connectivity index is 3.33. The third-order valence-corrected chi connectivity index (χ3v) is 3.08. The Bertz CT molecular complexity index is 269. The lowest BCUT2D eigenvalue weighted by Gasteiger charge is -1.87. The molecular weight excluding hydrogens is 214 g/mol. The fourth-order valence-electron chi connectivity index (χ4n) is 0.686. The van der Waals surface area contributed by atoms with Crippen molar-refractivity contribution < 1.29 is 4.79 Å². The van der Waals surface area contributed by atoms with Crippen molar-refractivity contribution >= 4 is 39.2 Å². The number of anilines is 1. The fraction of sp³-hybridized carbons (Fsp3) is 0.167. The van der Waals surface area contributed by atoms with Crippen molar-refractivity contribution in [3.63, 3.8) is 0 Å². The highest BCUT2D eigenvalue weighted by Gasteiger charge is 2.08. The second-order valence-electron chi connectivity index (χ2n) is 1.88. The lowest BCUT2D eigenvalue weighted by atomic mass is 10.3. The van der Waals surface area contributed by atoms with E-state index in [0.29, 0.717) is 11.3 Å². The van der Waals surface area contributed by atoms with E-state index in [9.17, 15) is 4.79 Å². The lowest BCUT2D eigenvalue weighted by molar-refractivity contribution is 0.112. The van der Waals surface area contributed by atoms with Crippen molar-refractivity contribution in [2.45, 2.75) is 6.92 Å². The second-order valence-corrected chi connectivity index (χ2v) is 4.42. The minimum atomic E-state index is 0.553. The molecule has 1 rings (SSSR count). The van der Waals surface area contributed by atoms with Gasteiger partial charge in [0.2, 0.25) is 0 Å². The van der Waals surface area contributed by atoms with Crippen LogP contribution in [0.25, 0.3) is 0 Å². The average molecular weight is 220 g/mol. The summed E-state index contributed by atoms with van der Waals surface area (Å²) in [5.74, 6) is 0. The van der Waals surface area contributed by atoms with Gasteiger partial charge in [0.1, 0.15) is 0 Å². The summed E-state index contributed by atoms with van der Waals surface area (Å²) in [6, 6.07) is 0. The Labute approximate surface area is 71.2 Å². The van der Waals surface area contributed by atoms with E-state index in [0.717, 1.165) is 14.9 Å². The monoisotopic (exact) mass is 219 g/mol. The minimum absolute atomic E-state index is 0.553. The van der Waals surface area contributed by atoms with Crippen molar-refractivity contribution in [2.75, 3.05) is 5.73 Å². The van der Waals surface area contributed by atoms with Crippen molar-refractivity contribution in [2.24, 2.45) is 0 Å². The van der Waals surface area contributed by atoms with E-state index in [1.807, 2.05) is 6.92 Å². The number of halogens is 1. The summed E-state index contributed by atoms with van der Waals surface area (Å²) in [5, 5.41) is 0. The maximum Gasteiger partial charge on any atom is 0.153 e. The Morgan fingerprint density at radius 1 is 1.70 bits per heavy atom. The largest absolute Gasteiger partial charge is 0.397 e. The first kappa shape index (κ1) is 7.75. The molecule has 0 saturated heterocycles. The maximum atomic E-state index is 10.4. The molecule has 0 aliphatic rings. The van der Waals surface area contributed by atoms with Crippen LogP contribution in [0.3, 0.4) is 0 Å². The van der Waals surface area contributed by atoms with E-state index in [1.165, 1.54) is 11.3 Å². The molecule has 0 aromatic carbocycles. The van der Waals surface area contributed by atoms with Crippen LogP contribution in [0.5, 0.6) is 0 Å². The fourth-order valence-corrected chi connectivity index (χ4v) is 2.39. The predicted molar refractivity (Wildman–Crippen MR) is 46.6 cm³/mol. The van der Waals surface area contributed by atoms with Gasteiger partial charge in [-0.15, -0.1) is 11.3 Å². The van der Waals surface area contributed by atoms with Crippen LogP contribution in [0.15, 0.2) is 3.79 Å². The number of carbonyl (C=O) groups is 1. The molecule has 0 radical (unpaired) electrons. The topological polar surface area (TPSA) is 43.1 Å². The van der Waals surface area contributed by atoms with Crippen molar-refractivity contribution in [1.29, 1.82) is 0 Å². The van der Waals surface area contributed by atoms with Crippen LogP contribution in [-0.4, -0.2) is 6.29 Å². The molecule has 0 aliphatic heterocycles. The quantitative estimate of drug-likeness (QED) is 0.737. The van der Waals surface area contributed by atoms with E-state index in [-0.39, 0.29) is 0 Å². The molecular formula is C6H6BrNOS. The smallest absolute Gasteiger partial charge is 0.153 e. The summed E-state index contributed by atoms with van der Waals surface area (Å²) in [4.78, 5) is 11.3. The Hall–Kier alpha value is -0.350. The summed E-state index contributed by atoms with van der Waals surface area (Å²) in [6.07, 6.45) is 0.784. The Morgan fingerprint density at radius 3 is 2.50 bits per heavy atom. The second kappa shape index (κ2) is 2.72. The number of carbonyl (C=O) groups excluding carboxylic acids is 1. The molecule has 1 aromatic rings. The SMILES string of the molecule is Cc1sc(Br)c(N)c1C=O. The zero-order valence-electron chi connectivity index (χ0n) is 5.35. The highest BCUT2D eigenvalue weighted by Crippen LogP contribution is 2.33. The van der Waals surface area contributed by atoms with Crippen LogP contribution in [0.1, 0.15) is 15.2 Å². The number of aldehydes is 1. The molecule has 0 saturated carbocycles. The Kier molecular flexibility index (Phi) is 2.11. The third kappa shape index (κ3) is 1.09. The van der Waals surface area contributed by atoms with Crippen molar-refractivity contribution in [3.05, 3.63) is 14.2 Å². The molecule has 10 heavy (non-hydrogen) atoms. The number of rotatable bonds is 1. The van der Waals surface area contributed by atoms with Gasteiger partial charge in [0.25, 0.3) is 0 Å². The zero-order valence-corrected chi connectivity index (χ0v) is 7.75. The molecule has 2 nitrogen and oxygen atoms in total. The van der Waals surface area contributed by atoms with Crippen LogP contribution in [0.4, 0.5) is 5.69 Å². The van der Waals surface area contributed by atoms with Gasteiger partial charge in [-0.25, -0.2) is 0 Å². The molecule has 0 amide bonds. The molecule has 1 aromatic heterocycles. The molecule has 2 N–H and O–H groups in total. The van der Waals surface area contributed by atoms with E-state index in [1.54, 1.807) is 0 Å². The van der Waals surface area contributed by atoms with Gasteiger partial charge in [0.15, 0.2) is 6.29 Å². The van der Waals surface area contributed by atoms with Gasteiger partial charge in [-0.3, -0.25) is 4.79 Å². The van der Waals surface area contributed by atoms with Crippen LogP contribution in [-0.2, 0) is 0 Å². The van der Waals surface area contributed by atoms with Gasteiger partial charge in [0.05, 0.1) is 15.0 Å². The summed E-state index contributed by atoms with van der Waals surface area (Å²) < 4.78 is 0.840. The number of hydrogen-bond acceptors (Lipinski definition) is 3. The molecule has 0 unspecified atom stereocenters. The number of nitrogen functional groups attached to an aromatic ring is 1. The normalized spacial score (nSPS) is 9.80. The van der Waals surface area contributed by atoms with E-state index in [4.69, 9.17) is 5.73 Å². The molecule has 1 heterocycles. The summed E-state index contributed by atoms with van der Waals surface area (Å²) in [6.45, 7) is 1.87. The number of aryl methyl sites for hydroxylation is 1. The molecule has 4 heteroatoms. The first-order valence-corrected chi connectivity index (χ1v) is 4.27. The van der Waals surface area contributed by atoms with Gasteiger partial charge in [-0.2, -0.15) is 0 Å². The van der Waals surface area contributed by atoms with Gasteiger partial charge in [-0.1, -0.05) is 0 Å². The third-order valence-electron chi connectivity index (χ3n) is 1.24. The van der Waals surface area contributed by atoms with Crippen LogP contribution in [0, 0.1) is 6.92 Å². The molecule has 0 atom stereocenters. The highest BCUT2D eigenvalue weighted by molar-refractivity contribution is 9.11. The van der Waals surface area contributed by atoms with Crippen molar-refractivity contribution in [1.82, 2.24) is 0 Å². The minimum Gasteiger partial charge on any atom is -0.397 e. The molecule has 0 bridgehead atoms. The van der Waals surface area contributed by atoms with E-state index < -0.39 is 0 Å². The molecule has 0 aliphatic carbocycles. The Morgan fingerprint density at radius 2 is 2.30 bits per heavy atom. The summed E-state index contributed by atoms with van der Waals surface area (Å²) in [5.41, 5.74) is 6.71. The molecule has 0 fully saturated rings. The van der Waals surface area contributed by atoms with E-state index in [2.05, 4.69) is 15.9 Å². The van der Waals surface area contributed by atoms with E-state index >= 15 is 0 Å². The van der Waals surface area contributed by atoms with Crippen LogP contribution < -0.4 is 5.73 Å². The maximum absolute atomic E-state index is 10.4. The molecule has 54 valence electrons. The number of thiophene rings is 1. The van der Waals surface area contributed by atoms with Gasteiger partial charge >= 0.3 is 0 Å². The average Bonchev–Trinajstić information content (AvgIpc) is 2.09. The van der Waals surface area contributed by atoms with Gasteiger partial charge in [0, 0.05) is 4.88 Å². The summed E-state index contributed by atoms with van der Waals surface area (Å²) >= 11 is 4.72. The van der Waals surface area contributed by atoms with Crippen molar-refractivity contribution in [3.8, 4) is 0 Å². The van der Waals surface area contributed by atoms with Crippen LogP contribution in [0.2, 0.25) is 0 Å². The predicted octanol–water partition coefficient (Wildman–Crippen LogP) is 2.21. The van der Waals surface area contributed by atoms with Gasteiger partial charge in [-0.05, 0) is 22.9 Å². The van der Waals surface area contributed by atoms with Gasteiger partial charge < -0.3 is 5.73 Å². The number of hydrogen-bond donors (Lipinski definition) is 1. The highest BCUT2D eigenvalue weighted by atomic mass is 79.9. The number of nitrogens with two attached hydrogens (primary N) is 1.